The van der Waals surface area contributed by atoms with Gasteiger partial charge in [0.1, 0.15) is 0 Å². The number of pyridine rings is 1. The molecule has 0 radical (unpaired) electrons. The minimum Gasteiger partial charge on any atom is -0.349 e. The molecule has 0 bridgehead atoms. The van der Waals surface area contributed by atoms with E-state index in [1.54, 1.807) is 6.20 Å². The summed E-state index contributed by atoms with van der Waals surface area (Å²) in [5.41, 5.74) is 0.783. The van der Waals surface area contributed by atoms with E-state index in [2.05, 4.69) is 15.6 Å². The SMILES string of the molecule is O=C(CNC(=O)Cc1cccs1)NCc1ccccn1. The number of carbonyl (C=O) groups is 2. The molecule has 5 nitrogen and oxygen atoms in total. The van der Waals surface area contributed by atoms with Crippen molar-refractivity contribution in [2.75, 3.05) is 6.54 Å². The number of thiophene rings is 1. The van der Waals surface area contributed by atoms with Gasteiger partial charge in [-0.25, -0.2) is 0 Å². The van der Waals surface area contributed by atoms with E-state index in [1.807, 2.05) is 35.7 Å². The number of rotatable bonds is 6. The molecule has 0 aromatic carbocycles. The Morgan fingerprint density at radius 2 is 2.00 bits per heavy atom. The molecule has 0 aliphatic heterocycles. The van der Waals surface area contributed by atoms with Crippen molar-refractivity contribution in [2.45, 2.75) is 13.0 Å². The predicted molar refractivity (Wildman–Crippen MR) is 77.1 cm³/mol. The molecule has 0 fully saturated rings. The highest BCUT2D eigenvalue weighted by atomic mass is 32.1. The van der Waals surface area contributed by atoms with Crippen LogP contribution < -0.4 is 10.6 Å². The maximum Gasteiger partial charge on any atom is 0.239 e. The molecule has 0 aliphatic carbocycles. The van der Waals surface area contributed by atoms with E-state index in [1.165, 1.54) is 11.3 Å². The van der Waals surface area contributed by atoms with E-state index >= 15 is 0 Å². The number of amides is 2. The summed E-state index contributed by atoms with van der Waals surface area (Å²) in [6.07, 6.45) is 1.98. The molecule has 0 saturated carbocycles. The van der Waals surface area contributed by atoms with Crippen LogP contribution in [0.2, 0.25) is 0 Å². The Morgan fingerprint density at radius 1 is 1.10 bits per heavy atom. The lowest BCUT2D eigenvalue weighted by Crippen LogP contribution is -2.37. The first kappa shape index (κ1) is 14.2. The standard InChI is InChI=1S/C14H15N3O2S/c18-13(8-12-5-3-7-20-12)17-10-14(19)16-9-11-4-1-2-6-15-11/h1-7H,8-10H2,(H,16,19)(H,17,18). The normalized spacial score (nSPS) is 10.0. The average Bonchev–Trinajstić information content (AvgIpc) is 2.97. The van der Waals surface area contributed by atoms with Gasteiger partial charge in [-0.3, -0.25) is 14.6 Å². The highest BCUT2D eigenvalue weighted by molar-refractivity contribution is 7.10. The van der Waals surface area contributed by atoms with Crippen molar-refractivity contribution in [3.63, 3.8) is 0 Å². The van der Waals surface area contributed by atoms with E-state index in [0.29, 0.717) is 13.0 Å². The van der Waals surface area contributed by atoms with Gasteiger partial charge >= 0.3 is 0 Å². The van der Waals surface area contributed by atoms with Crippen LogP contribution in [0.15, 0.2) is 41.9 Å². The second-order valence-electron chi connectivity index (χ2n) is 4.13. The molecule has 2 rings (SSSR count). The molecule has 0 saturated heterocycles. The van der Waals surface area contributed by atoms with Gasteiger partial charge in [-0.2, -0.15) is 0 Å². The molecule has 20 heavy (non-hydrogen) atoms. The third-order valence-corrected chi connectivity index (χ3v) is 3.43. The molecule has 0 spiro atoms. The Bertz CT molecular complexity index is 555. The molecule has 2 aromatic rings. The number of nitrogens with one attached hydrogen (secondary N) is 2. The monoisotopic (exact) mass is 289 g/mol. The summed E-state index contributed by atoms with van der Waals surface area (Å²) >= 11 is 1.52. The third kappa shape index (κ3) is 4.81. The van der Waals surface area contributed by atoms with Crippen molar-refractivity contribution < 1.29 is 9.59 Å². The number of hydrogen-bond donors (Lipinski definition) is 2. The van der Waals surface area contributed by atoms with Crippen LogP contribution in [-0.4, -0.2) is 23.3 Å². The van der Waals surface area contributed by atoms with Crippen LogP contribution in [0.25, 0.3) is 0 Å². The highest BCUT2D eigenvalue weighted by Gasteiger charge is 2.07. The van der Waals surface area contributed by atoms with Gasteiger partial charge in [-0.15, -0.1) is 11.3 Å². The second kappa shape index (κ2) is 7.40. The molecular formula is C14H15N3O2S. The first-order valence-electron chi connectivity index (χ1n) is 6.20. The Hall–Kier alpha value is -2.21. The summed E-state index contributed by atoms with van der Waals surface area (Å²) in [6, 6.07) is 9.29. The fourth-order valence-corrected chi connectivity index (χ4v) is 2.27. The largest absolute Gasteiger partial charge is 0.349 e. The third-order valence-electron chi connectivity index (χ3n) is 2.55. The zero-order valence-corrected chi connectivity index (χ0v) is 11.7. The van der Waals surface area contributed by atoms with Gasteiger partial charge < -0.3 is 10.6 Å². The Kier molecular flexibility index (Phi) is 5.25. The van der Waals surface area contributed by atoms with Crippen LogP contribution >= 0.6 is 11.3 Å². The minimum atomic E-state index is -0.227. The lowest BCUT2D eigenvalue weighted by molar-refractivity contribution is -0.125. The molecule has 0 unspecified atom stereocenters. The first-order chi connectivity index (χ1) is 9.74. The van der Waals surface area contributed by atoms with E-state index in [0.717, 1.165) is 10.6 Å². The minimum absolute atomic E-state index is 0.0168. The van der Waals surface area contributed by atoms with Crippen molar-refractivity contribution in [3.8, 4) is 0 Å². The van der Waals surface area contributed by atoms with Crippen molar-refractivity contribution >= 4 is 23.2 Å². The maximum atomic E-state index is 11.6. The fourth-order valence-electron chi connectivity index (χ4n) is 1.57. The highest BCUT2D eigenvalue weighted by Crippen LogP contribution is 2.08. The van der Waals surface area contributed by atoms with Gasteiger partial charge in [0, 0.05) is 11.1 Å². The van der Waals surface area contributed by atoms with Crippen LogP contribution in [-0.2, 0) is 22.6 Å². The molecule has 2 heterocycles. The number of aromatic nitrogens is 1. The molecule has 2 N–H and O–H groups in total. The van der Waals surface area contributed by atoms with E-state index < -0.39 is 0 Å². The zero-order valence-electron chi connectivity index (χ0n) is 10.8. The zero-order chi connectivity index (χ0) is 14.2. The average molecular weight is 289 g/mol. The number of nitrogens with zero attached hydrogens (tertiary/aromatic N) is 1. The van der Waals surface area contributed by atoms with Crippen LogP contribution in [0.3, 0.4) is 0 Å². The van der Waals surface area contributed by atoms with Crippen LogP contribution in [0.1, 0.15) is 10.6 Å². The van der Waals surface area contributed by atoms with Crippen molar-refractivity contribution in [2.24, 2.45) is 0 Å². The van der Waals surface area contributed by atoms with Gasteiger partial charge in [0.25, 0.3) is 0 Å². The van der Waals surface area contributed by atoms with E-state index in [4.69, 9.17) is 0 Å². The van der Waals surface area contributed by atoms with Crippen LogP contribution in [0.4, 0.5) is 0 Å². The summed E-state index contributed by atoms with van der Waals surface area (Å²) < 4.78 is 0. The van der Waals surface area contributed by atoms with Gasteiger partial charge in [-0.1, -0.05) is 12.1 Å². The molecule has 0 aliphatic rings. The van der Waals surface area contributed by atoms with Gasteiger partial charge in [0.2, 0.25) is 11.8 Å². The van der Waals surface area contributed by atoms with Gasteiger partial charge in [0.05, 0.1) is 25.2 Å². The summed E-state index contributed by atoms with van der Waals surface area (Å²) in [5.74, 6) is -0.379. The van der Waals surface area contributed by atoms with Gasteiger partial charge in [0.15, 0.2) is 0 Å². The summed E-state index contributed by atoms with van der Waals surface area (Å²) in [5, 5.41) is 7.21. The Balaban J connectivity index is 1.66. The molecule has 0 atom stereocenters. The van der Waals surface area contributed by atoms with Gasteiger partial charge in [-0.05, 0) is 23.6 Å². The Morgan fingerprint density at radius 3 is 2.70 bits per heavy atom. The van der Waals surface area contributed by atoms with Crippen molar-refractivity contribution in [1.29, 1.82) is 0 Å². The smallest absolute Gasteiger partial charge is 0.239 e. The molecule has 6 heteroatoms. The summed E-state index contributed by atoms with van der Waals surface area (Å²) in [7, 11) is 0. The summed E-state index contributed by atoms with van der Waals surface area (Å²) in [6.45, 7) is 0.345. The van der Waals surface area contributed by atoms with Crippen molar-refractivity contribution in [3.05, 3.63) is 52.5 Å². The van der Waals surface area contributed by atoms with Crippen molar-refractivity contribution in [1.82, 2.24) is 15.6 Å². The first-order valence-corrected chi connectivity index (χ1v) is 7.07. The second-order valence-corrected chi connectivity index (χ2v) is 5.16. The van der Waals surface area contributed by atoms with E-state index in [-0.39, 0.29) is 18.4 Å². The fraction of sp³-hybridized carbons (Fsp3) is 0.214. The van der Waals surface area contributed by atoms with Crippen LogP contribution in [0.5, 0.6) is 0 Å². The van der Waals surface area contributed by atoms with Crippen LogP contribution in [0, 0.1) is 0 Å². The summed E-state index contributed by atoms with van der Waals surface area (Å²) in [4.78, 5) is 28.2. The maximum absolute atomic E-state index is 11.6. The van der Waals surface area contributed by atoms with E-state index in [9.17, 15) is 9.59 Å². The predicted octanol–water partition coefficient (Wildman–Crippen LogP) is 1.12. The lowest BCUT2D eigenvalue weighted by atomic mass is 10.3. The molecule has 2 amide bonds. The number of carbonyl (C=O) groups excluding carboxylic acids is 2. The quantitative estimate of drug-likeness (QED) is 0.837. The molecular weight excluding hydrogens is 274 g/mol. The topological polar surface area (TPSA) is 71.1 Å². The number of hydrogen-bond acceptors (Lipinski definition) is 4. The molecule has 2 aromatic heterocycles. The lowest BCUT2D eigenvalue weighted by Gasteiger charge is -2.06. The Labute approximate surface area is 121 Å². The molecule has 104 valence electrons.